The van der Waals surface area contributed by atoms with Crippen LogP contribution in [0.2, 0.25) is 0 Å². The van der Waals surface area contributed by atoms with Crippen molar-refractivity contribution in [3.8, 4) is 0 Å². The monoisotopic (exact) mass is 163 g/mol. The summed E-state index contributed by atoms with van der Waals surface area (Å²) in [4.78, 5) is 0. The van der Waals surface area contributed by atoms with E-state index in [0.29, 0.717) is 0 Å². The van der Waals surface area contributed by atoms with Gasteiger partial charge in [-0.25, -0.2) is 0 Å². The van der Waals surface area contributed by atoms with E-state index in [0.717, 1.165) is 18.5 Å². The predicted octanol–water partition coefficient (Wildman–Crippen LogP) is 1.20. The van der Waals surface area contributed by atoms with Crippen molar-refractivity contribution in [2.75, 3.05) is 0 Å². The van der Waals surface area contributed by atoms with Gasteiger partial charge in [0.25, 0.3) is 0 Å². The van der Waals surface area contributed by atoms with Crippen LogP contribution < -0.4 is 5.73 Å². The molecule has 1 saturated carbocycles. The highest BCUT2D eigenvalue weighted by Crippen LogP contribution is 2.34. The molecular weight excluding hydrogens is 150 g/mol. The van der Waals surface area contributed by atoms with Crippen LogP contribution in [0.4, 0.5) is 0 Å². The van der Waals surface area contributed by atoms with Crippen molar-refractivity contribution in [1.29, 1.82) is 0 Å². The van der Waals surface area contributed by atoms with Crippen LogP contribution in [-0.4, -0.2) is 10.2 Å². The molecule has 12 heavy (non-hydrogen) atoms. The first-order valence-electron chi connectivity index (χ1n) is 4.38. The molecule has 1 aromatic heterocycles. The van der Waals surface area contributed by atoms with Crippen LogP contribution in [0.25, 0.3) is 0 Å². The number of aromatic nitrogens is 2. The van der Waals surface area contributed by atoms with E-state index in [4.69, 9.17) is 5.73 Å². The Kier molecular flexibility index (Phi) is 1.81. The lowest BCUT2D eigenvalue weighted by Crippen LogP contribution is -2.34. The van der Waals surface area contributed by atoms with E-state index in [1.165, 1.54) is 12.8 Å². The molecule has 1 aromatic rings. The van der Waals surface area contributed by atoms with Gasteiger partial charge in [-0.15, -0.1) is 0 Å². The van der Waals surface area contributed by atoms with E-state index in [2.05, 4.69) is 10.2 Å². The summed E-state index contributed by atoms with van der Waals surface area (Å²) < 4.78 is 0. The van der Waals surface area contributed by atoms with Crippen LogP contribution >= 0.6 is 0 Å². The molecule has 0 bridgehead atoms. The standard InChI is InChI=1S/C9H13N3/c10-9(5-1-2-6-9)8-4-3-7-11-12-8/h3-4,7H,1-2,5-6,10H2. The molecule has 0 unspecified atom stereocenters. The Morgan fingerprint density at radius 3 is 2.67 bits per heavy atom. The third-order valence-electron chi connectivity index (χ3n) is 2.58. The van der Waals surface area contributed by atoms with Crippen LogP contribution in [0.5, 0.6) is 0 Å². The molecule has 0 spiro atoms. The largest absolute Gasteiger partial charge is 0.320 e. The molecule has 1 aliphatic carbocycles. The third-order valence-corrected chi connectivity index (χ3v) is 2.58. The zero-order valence-electron chi connectivity index (χ0n) is 7.03. The summed E-state index contributed by atoms with van der Waals surface area (Å²) in [7, 11) is 0. The van der Waals surface area contributed by atoms with Crippen LogP contribution in [0.3, 0.4) is 0 Å². The molecule has 0 aliphatic heterocycles. The van der Waals surface area contributed by atoms with Gasteiger partial charge in [-0.2, -0.15) is 10.2 Å². The van der Waals surface area contributed by atoms with Gasteiger partial charge in [-0.1, -0.05) is 12.8 Å². The van der Waals surface area contributed by atoms with Crippen molar-refractivity contribution in [1.82, 2.24) is 10.2 Å². The summed E-state index contributed by atoms with van der Waals surface area (Å²) in [5, 5.41) is 7.90. The molecule has 2 rings (SSSR count). The molecular formula is C9H13N3. The van der Waals surface area contributed by atoms with Gasteiger partial charge in [0.05, 0.1) is 11.2 Å². The number of rotatable bonds is 1. The number of nitrogens with two attached hydrogens (primary N) is 1. The lowest BCUT2D eigenvalue weighted by molar-refractivity contribution is 0.441. The summed E-state index contributed by atoms with van der Waals surface area (Å²) in [5.41, 5.74) is 6.94. The minimum absolute atomic E-state index is 0.186. The summed E-state index contributed by atoms with van der Waals surface area (Å²) >= 11 is 0. The summed E-state index contributed by atoms with van der Waals surface area (Å²) in [5.74, 6) is 0. The Bertz CT molecular complexity index is 252. The molecule has 0 radical (unpaired) electrons. The van der Waals surface area contributed by atoms with Crippen LogP contribution in [0, 0.1) is 0 Å². The zero-order chi connectivity index (χ0) is 8.44. The third kappa shape index (κ3) is 1.20. The van der Waals surface area contributed by atoms with Crippen molar-refractivity contribution in [2.45, 2.75) is 31.2 Å². The molecule has 64 valence electrons. The SMILES string of the molecule is NC1(c2cccnn2)CCCC1. The zero-order valence-corrected chi connectivity index (χ0v) is 7.03. The fourth-order valence-corrected chi connectivity index (χ4v) is 1.83. The van der Waals surface area contributed by atoms with E-state index in [1.807, 2.05) is 12.1 Å². The normalized spacial score (nSPS) is 21.1. The molecule has 1 aliphatic rings. The van der Waals surface area contributed by atoms with Crippen molar-refractivity contribution in [2.24, 2.45) is 5.73 Å². The maximum Gasteiger partial charge on any atom is 0.0829 e. The summed E-state index contributed by atoms with van der Waals surface area (Å²) in [6.45, 7) is 0. The Hall–Kier alpha value is -0.960. The lowest BCUT2D eigenvalue weighted by Gasteiger charge is -2.21. The molecule has 3 nitrogen and oxygen atoms in total. The molecule has 0 amide bonds. The fraction of sp³-hybridized carbons (Fsp3) is 0.556. The quantitative estimate of drug-likeness (QED) is 0.677. The van der Waals surface area contributed by atoms with Crippen LogP contribution in [0.15, 0.2) is 18.3 Å². The lowest BCUT2D eigenvalue weighted by atomic mass is 9.95. The van der Waals surface area contributed by atoms with Crippen molar-refractivity contribution >= 4 is 0 Å². The minimum Gasteiger partial charge on any atom is -0.320 e. The summed E-state index contributed by atoms with van der Waals surface area (Å²) in [6.07, 6.45) is 6.21. The van der Waals surface area contributed by atoms with E-state index >= 15 is 0 Å². The van der Waals surface area contributed by atoms with Crippen molar-refractivity contribution in [3.05, 3.63) is 24.0 Å². The van der Waals surface area contributed by atoms with Gasteiger partial charge >= 0.3 is 0 Å². The van der Waals surface area contributed by atoms with E-state index in [1.54, 1.807) is 6.20 Å². The van der Waals surface area contributed by atoms with E-state index < -0.39 is 0 Å². The maximum absolute atomic E-state index is 6.18. The fourth-order valence-electron chi connectivity index (χ4n) is 1.83. The van der Waals surface area contributed by atoms with Gasteiger partial charge in [0, 0.05) is 6.20 Å². The number of hydrogen-bond acceptors (Lipinski definition) is 3. The molecule has 0 aromatic carbocycles. The molecule has 1 fully saturated rings. The molecule has 1 heterocycles. The highest BCUT2D eigenvalue weighted by Gasteiger charge is 2.32. The number of hydrogen-bond donors (Lipinski definition) is 1. The second-order valence-corrected chi connectivity index (χ2v) is 3.47. The Morgan fingerprint density at radius 2 is 2.08 bits per heavy atom. The first-order chi connectivity index (χ1) is 5.81. The summed E-state index contributed by atoms with van der Waals surface area (Å²) in [6, 6.07) is 3.87. The van der Waals surface area contributed by atoms with Gasteiger partial charge in [-0.3, -0.25) is 0 Å². The predicted molar refractivity (Wildman–Crippen MR) is 46.4 cm³/mol. The van der Waals surface area contributed by atoms with Gasteiger partial charge < -0.3 is 5.73 Å². The highest BCUT2D eigenvalue weighted by molar-refractivity contribution is 5.14. The van der Waals surface area contributed by atoms with Crippen LogP contribution in [0.1, 0.15) is 31.4 Å². The average Bonchev–Trinajstić information content (AvgIpc) is 2.55. The Morgan fingerprint density at radius 1 is 1.33 bits per heavy atom. The smallest absolute Gasteiger partial charge is 0.0829 e. The van der Waals surface area contributed by atoms with E-state index in [9.17, 15) is 0 Å². The van der Waals surface area contributed by atoms with Crippen LogP contribution in [-0.2, 0) is 5.54 Å². The van der Waals surface area contributed by atoms with Crippen molar-refractivity contribution < 1.29 is 0 Å². The molecule has 3 heteroatoms. The van der Waals surface area contributed by atoms with Crippen molar-refractivity contribution in [3.63, 3.8) is 0 Å². The van der Waals surface area contributed by atoms with Gasteiger partial charge in [0.1, 0.15) is 0 Å². The minimum atomic E-state index is -0.186. The average molecular weight is 163 g/mol. The molecule has 0 saturated heterocycles. The molecule has 0 atom stereocenters. The topological polar surface area (TPSA) is 51.8 Å². The first kappa shape index (κ1) is 7.68. The van der Waals surface area contributed by atoms with Gasteiger partial charge in [-0.05, 0) is 25.0 Å². The van der Waals surface area contributed by atoms with Gasteiger partial charge in [0.15, 0.2) is 0 Å². The second-order valence-electron chi connectivity index (χ2n) is 3.47. The van der Waals surface area contributed by atoms with Gasteiger partial charge in [0.2, 0.25) is 0 Å². The van der Waals surface area contributed by atoms with E-state index in [-0.39, 0.29) is 5.54 Å². The number of nitrogens with zero attached hydrogens (tertiary/aromatic N) is 2. The maximum atomic E-state index is 6.18. The second kappa shape index (κ2) is 2.83. The molecule has 2 N–H and O–H groups in total. The Balaban J connectivity index is 2.29. The first-order valence-corrected chi connectivity index (χ1v) is 4.38. The Labute approximate surface area is 72.0 Å². The highest BCUT2D eigenvalue weighted by atomic mass is 15.1.